The number of nitrogens with zero attached hydrogens (tertiary/aromatic N) is 5. The van der Waals surface area contributed by atoms with Crippen LogP contribution in [0.1, 0.15) is 44.5 Å². The molecule has 9 aromatic carbocycles. The zero-order valence-electron chi connectivity index (χ0n) is 38.3. The van der Waals surface area contributed by atoms with E-state index in [1.807, 2.05) is 18.2 Å². The lowest BCUT2D eigenvalue weighted by Crippen LogP contribution is -2.15. The highest BCUT2D eigenvalue weighted by Gasteiger charge is 2.33. The van der Waals surface area contributed by atoms with E-state index in [4.69, 9.17) is 0 Å². The Kier molecular flexibility index (Phi) is 8.91. The van der Waals surface area contributed by atoms with E-state index in [9.17, 15) is 10.5 Å². The first kappa shape index (κ1) is 39.9. The normalized spacial score (nSPS) is 11.7. The van der Waals surface area contributed by atoms with E-state index in [1.54, 1.807) is 0 Å². The second-order valence-electron chi connectivity index (χ2n) is 18.5. The zero-order chi connectivity index (χ0) is 45.8. The number of hydrogen-bond acceptors (Lipinski definition) is 2. The summed E-state index contributed by atoms with van der Waals surface area (Å²) in [6.07, 6.45) is 0. The third-order valence-corrected chi connectivity index (χ3v) is 13.8. The predicted octanol–water partition coefficient (Wildman–Crippen LogP) is 15.9. The number of hydrogen-bond donors (Lipinski definition) is 0. The second kappa shape index (κ2) is 15.0. The van der Waals surface area contributed by atoms with Crippen molar-refractivity contribution < 1.29 is 0 Å². The van der Waals surface area contributed by atoms with Crippen LogP contribution in [0.2, 0.25) is 0 Å². The SMILES string of the molecule is Cc1ccc2c(c1)c1cc(C)ccc1n2-c1c(C#N)c(-c2ccc(-c3ccccc3)cc2)c(C#N)c(-n2c3ccc(C)cc3c3cc(C)ccc32)c1-n1c2ccc(C)cc2c2cc(C)ccc21. The van der Waals surface area contributed by atoms with Crippen LogP contribution in [0.3, 0.4) is 0 Å². The lowest BCUT2D eigenvalue weighted by atomic mass is 9.89. The first-order chi connectivity index (χ1) is 32.6. The number of rotatable bonds is 5. The van der Waals surface area contributed by atoms with Gasteiger partial charge in [0.2, 0.25) is 0 Å². The molecule has 0 saturated carbocycles. The Morgan fingerprint density at radius 2 is 0.567 bits per heavy atom. The largest absolute Gasteiger partial charge is 0.306 e. The molecular weight excluding hydrogens is 815 g/mol. The standard InChI is InChI=1S/C62H45N5/c1-36-12-22-53-45(28-36)46-29-37(2)13-23-54(46)65(53)60-51(34-63)59(44-20-18-43(19-21-44)42-10-8-7-9-11-42)52(35-64)61(66-55-24-14-38(3)30-47(55)48-31-39(4)15-25-56(48)66)62(60)67-57-26-16-40(5)32-49(57)50-33-41(6)17-27-58(50)67/h7-33H,1-6H3. The summed E-state index contributed by atoms with van der Waals surface area (Å²) in [4.78, 5) is 0. The van der Waals surface area contributed by atoms with E-state index >= 15 is 0 Å². The molecule has 12 aromatic rings. The quantitative estimate of drug-likeness (QED) is 0.173. The van der Waals surface area contributed by atoms with Gasteiger partial charge in [-0.1, -0.05) is 124 Å². The van der Waals surface area contributed by atoms with Gasteiger partial charge in [-0.15, -0.1) is 0 Å². The molecule has 0 spiro atoms. The molecule has 0 unspecified atom stereocenters. The molecule has 0 saturated heterocycles. The maximum Gasteiger partial charge on any atom is 0.102 e. The average molecular weight is 860 g/mol. The molecule has 0 aliphatic rings. The molecule has 67 heavy (non-hydrogen) atoms. The topological polar surface area (TPSA) is 62.4 Å². The molecule has 0 radical (unpaired) electrons. The monoisotopic (exact) mass is 859 g/mol. The number of aromatic nitrogens is 3. The van der Waals surface area contributed by atoms with Gasteiger partial charge in [-0.05, 0) is 131 Å². The molecule has 0 N–H and O–H groups in total. The number of nitriles is 2. The summed E-state index contributed by atoms with van der Waals surface area (Å²) < 4.78 is 6.97. The first-order valence-corrected chi connectivity index (χ1v) is 22.9. The minimum atomic E-state index is 0.421. The van der Waals surface area contributed by atoms with Crippen LogP contribution in [0, 0.1) is 64.2 Å². The fourth-order valence-electron chi connectivity index (χ4n) is 10.8. The molecule has 0 aliphatic heterocycles. The summed E-state index contributed by atoms with van der Waals surface area (Å²) in [5.74, 6) is 0. The fourth-order valence-corrected chi connectivity index (χ4v) is 10.8. The Balaban J connectivity index is 1.39. The maximum absolute atomic E-state index is 12.1. The molecule has 3 heterocycles. The van der Waals surface area contributed by atoms with Gasteiger partial charge < -0.3 is 13.7 Å². The Hall–Kier alpha value is -8.64. The Morgan fingerprint density at radius 1 is 0.299 bits per heavy atom. The van der Waals surface area contributed by atoms with Gasteiger partial charge in [0.1, 0.15) is 12.1 Å². The predicted molar refractivity (Wildman–Crippen MR) is 278 cm³/mol. The fraction of sp³-hybridized carbons (Fsp3) is 0.0968. The van der Waals surface area contributed by atoms with Crippen molar-refractivity contribution in [1.29, 1.82) is 10.5 Å². The van der Waals surface area contributed by atoms with Gasteiger partial charge in [0.15, 0.2) is 0 Å². The van der Waals surface area contributed by atoms with Crippen LogP contribution in [0.4, 0.5) is 0 Å². The van der Waals surface area contributed by atoms with E-state index in [1.165, 1.54) is 0 Å². The van der Waals surface area contributed by atoms with Crippen LogP contribution in [0.25, 0.3) is 105 Å². The highest BCUT2D eigenvalue weighted by atomic mass is 15.1. The van der Waals surface area contributed by atoms with Crippen molar-refractivity contribution in [3.8, 4) is 51.5 Å². The van der Waals surface area contributed by atoms with Gasteiger partial charge in [-0.25, -0.2) is 0 Å². The Bertz CT molecular complexity index is 3820. The van der Waals surface area contributed by atoms with Gasteiger partial charge in [-0.3, -0.25) is 0 Å². The molecule has 5 nitrogen and oxygen atoms in total. The van der Waals surface area contributed by atoms with Crippen LogP contribution in [0.15, 0.2) is 164 Å². The summed E-state index contributed by atoms with van der Waals surface area (Å²) >= 11 is 0. The maximum atomic E-state index is 12.1. The Morgan fingerprint density at radius 3 is 0.866 bits per heavy atom. The van der Waals surface area contributed by atoms with Crippen LogP contribution in [-0.2, 0) is 0 Å². The van der Waals surface area contributed by atoms with E-state index in [-0.39, 0.29) is 0 Å². The summed E-state index contributed by atoms with van der Waals surface area (Å²) in [5.41, 5.74) is 19.3. The molecule has 318 valence electrons. The van der Waals surface area contributed by atoms with E-state index in [0.717, 1.165) is 121 Å². The molecule has 0 fully saturated rings. The van der Waals surface area contributed by atoms with E-state index < -0.39 is 0 Å². The van der Waals surface area contributed by atoms with Gasteiger partial charge in [0.05, 0.1) is 61.3 Å². The van der Waals surface area contributed by atoms with Gasteiger partial charge in [0.25, 0.3) is 0 Å². The number of aryl methyl sites for hydroxylation is 6. The van der Waals surface area contributed by atoms with Crippen molar-refractivity contribution in [2.45, 2.75) is 41.5 Å². The number of benzene rings is 9. The lowest BCUT2D eigenvalue weighted by Gasteiger charge is -2.26. The van der Waals surface area contributed by atoms with Gasteiger partial charge in [0, 0.05) is 37.9 Å². The molecule has 0 atom stereocenters. The summed E-state index contributed by atoms with van der Waals surface area (Å²) in [7, 11) is 0. The van der Waals surface area contributed by atoms with Crippen LogP contribution in [0.5, 0.6) is 0 Å². The summed E-state index contributed by atoms with van der Waals surface area (Å²) in [6, 6.07) is 64.1. The van der Waals surface area contributed by atoms with Crippen LogP contribution in [-0.4, -0.2) is 13.7 Å². The Labute approximate surface area is 389 Å². The molecule has 3 aromatic heterocycles. The third-order valence-electron chi connectivity index (χ3n) is 13.8. The molecule has 0 bridgehead atoms. The first-order valence-electron chi connectivity index (χ1n) is 22.9. The molecule has 0 amide bonds. The van der Waals surface area contributed by atoms with E-state index in [2.05, 4.69) is 213 Å². The lowest BCUT2D eigenvalue weighted by molar-refractivity contribution is 1.04. The van der Waals surface area contributed by atoms with Crippen molar-refractivity contribution in [1.82, 2.24) is 13.7 Å². The minimum absolute atomic E-state index is 0.421. The minimum Gasteiger partial charge on any atom is -0.306 e. The summed E-state index contributed by atoms with van der Waals surface area (Å²) in [6.45, 7) is 12.8. The molecular formula is C62H45N5. The van der Waals surface area contributed by atoms with Crippen LogP contribution < -0.4 is 0 Å². The third kappa shape index (κ3) is 5.99. The van der Waals surface area contributed by atoms with Crippen molar-refractivity contribution in [2.75, 3.05) is 0 Å². The van der Waals surface area contributed by atoms with Gasteiger partial charge in [-0.2, -0.15) is 10.5 Å². The highest BCUT2D eigenvalue weighted by Crippen LogP contribution is 2.49. The van der Waals surface area contributed by atoms with Crippen LogP contribution >= 0.6 is 0 Å². The smallest absolute Gasteiger partial charge is 0.102 e. The number of fused-ring (bicyclic) bond motifs is 9. The zero-order valence-corrected chi connectivity index (χ0v) is 38.3. The molecule has 5 heteroatoms. The summed E-state index contributed by atoms with van der Waals surface area (Å²) in [5, 5.41) is 30.8. The molecule has 12 rings (SSSR count). The van der Waals surface area contributed by atoms with Crippen molar-refractivity contribution in [2.24, 2.45) is 0 Å². The van der Waals surface area contributed by atoms with E-state index in [0.29, 0.717) is 28.1 Å². The second-order valence-corrected chi connectivity index (χ2v) is 18.5. The van der Waals surface area contributed by atoms with Crippen molar-refractivity contribution in [3.63, 3.8) is 0 Å². The van der Waals surface area contributed by atoms with Crippen molar-refractivity contribution in [3.05, 3.63) is 208 Å². The van der Waals surface area contributed by atoms with Gasteiger partial charge >= 0.3 is 0 Å². The van der Waals surface area contributed by atoms with Crippen molar-refractivity contribution >= 4 is 65.4 Å². The highest BCUT2D eigenvalue weighted by molar-refractivity contribution is 6.15. The molecule has 0 aliphatic carbocycles. The average Bonchev–Trinajstić information content (AvgIpc) is 3.94.